The molecule has 0 aliphatic heterocycles. The molecule has 254 valence electrons. The van der Waals surface area contributed by atoms with Gasteiger partial charge in [0.15, 0.2) is 0 Å². The SMILES string of the molecule is CCCC[As](CCCC)c1cccc(P(c2cccc([As](CCCC)CCCC)c2)c2cccc([As](CCCC)CCCC)c2)c1. The van der Waals surface area contributed by atoms with E-state index < -0.39 is 51.9 Å². The summed E-state index contributed by atoms with van der Waals surface area (Å²) in [5, 5.41) is 13.7. The van der Waals surface area contributed by atoms with Crippen molar-refractivity contribution in [2.45, 2.75) is 150 Å². The van der Waals surface area contributed by atoms with Gasteiger partial charge in [0.05, 0.1) is 0 Å². The van der Waals surface area contributed by atoms with Crippen molar-refractivity contribution in [3.8, 4) is 0 Å². The topological polar surface area (TPSA) is 0 Å². The fraction of sp³-hybridized carbons (Fsp3) is 0.571. The van der Waals surface area contributed by atoms with Gasteiger partial charge in [-0.25, -0.2) is 0 Å². The molecule has 0 aliphatic carbocycles. The Morgan fingerprint density at radius 3 is 0.826 bits per heavy atom. The van der Waals surface area contributed by atoms with E-state index in [2.05, 4.69) is 114 Å². The molecule has 0 nitrogen and oxygen atoms in total. The molecule has 4 heteroatoms. The van der Waals surface area contributed by atoms with Gasteiger partial charge in [-0.2, -0.15) is 0 Å². The van der Waals surface area contributed by atoms with Crippen LogP contribution in [0.25, 0.3) is 0 Å². The van der Waals surface area contributed by atoms with E-state index in [9.17, 15) is 0 Å². The Labute approximate surface area is 301 Å². The summed E-state index contributed by atoms with van der Waals surface area (Å²) < 4.78 is 5.22. The van der Waals surface area contributed by atoms with Crippen LogP contribution < -0.4 is 29.0 Å². The zero-order valence-electron chi connectivity index (χ0n) is 30.4. The van der Waals surface area contributed by atoms with E-state index in [1.54, 1.807) is 29.0 Å². The summed E-state index contributed by atoms with van der Waals surface area (Å²) in [7, 11) is -0.576. The summed E-state index contributed by atoms with van der Waals surface area (Å²) in [6, 6.07) is 30.6. The van der Waals surface area contributed by atoms with Crippen molar-refractivity contribution in [2.75, 3.05) is 0 Å². The molecule has 0 radical (unpaired) electrons. The van der Waals surface area contributed by atoms with E-state index in [1.807, 2.05) is 0 Å². The fourth-order valence-electron chi connectivity index (χ4n) is 6.14. The van der Waals surface area contributed by atoms with Crippen molar-refractivity contribution in [2.24, 2.45) is 0 Å². The summed E-state index contributed by atoms with van der Waals surface area (Å²) in [4.78, 5) is 0. The second-order valence-electron chi connectivity index (χ2n) is 13.0. The molecule has 0 bridgehead atoms. The zero-order valence-corrected chi connectivity index (χ0v) is 37.0. The molecule has 3 aromatic carbocycles. The van der Waals surface area contributed by atoms with Crippen LogP contribution in [-0.4, -0.2) is 44.0 Å². The molecule has 0 N–H and O–H groups in total. The number of hydrogen-bond donors (Lipinski definition) is 0. The average molecular weight is 827 g/mol. The zero-order chi connectivity index (χ0) is 33.0. The first-order valence-electron chi connectivity index (χ1n) is 18.9. The molecule has 0 heterocycles. The van der Waals surface area contributed by atoms with Crippen molar-refractivity contribution >= 4 is 80.8 Å². The Kier molecular flexibility index (Phi) is 21.0. The Morgan fingerprint density at radius 1 is 0.370 bits per heavy atom. The first-order valence-corrected chi connectivity index (χ1v) is 31.1. The number of benzene rings is 3. The molecular weight excluding hydrogens is 760 g/mol. The third-order valence-electron chi connectivity index (χ3n) is 9.05. The van der Waals surface area contributed by atoms with E-state index >= 15 is 0 Å². The second kappa shape index (κ2) is 24.0. The summed E-state index contributed by atoms with van der Waals surface area (Å²) >= 11 is -3.14. The van der Waals surface area contributed by atoms with Gasteiger partial charge in [-0.05, 0) is 0 Å². The van der Waals surface area contributed by atoms with E-state index in [0.29, 0.717) is 0 Å². The molecule has 0 unspecified atom stereocenters. The van der Waals surface area contributed by atoms with E-state index in [4.69, 9.17) is 0 Å². The molecule has 0 saturated carbocycles. The molecule has 0 spiro atoms. The van der Waals surface area contributed by atoms with Gasteiger partial charge in [0.1, 0.15) is 0 Å². The molecule has 3 rings (SSSR count). The number of rotatable bonds is 24. The molecule has 0 fully saturated rings. The number of hydrogen-bond acceptors (Lipinski definition) is 0. The van der Waals surface area contributed by atoms with Crippen molar-refractivity contribution in [3.63, 3.8) is 0 Å². The van der Waals surface area contributed by atoms with Crippen LogP contribution in [0, 0.1) is 0 Å². The summed E-state index contributed by atoms with van der Waals surface area (Å²) in [5.74, 6) is 0. The van der Waals surface area contributed by atoms with E-state index in [-0.39, 0.29) is 0 Å². The minimum absolute atomic E-state index is 0.576. The quantitative estimate of drug-likeness (QED) is 0.0624. The molecule has 0 aliphatic rings. The molecule has 3 aromatic rings. The normalized spacial score (nSPS) is 11.9. The van der Waals surface area contributed by atoms with Gasteiger partial charge in [-0.15, -0.1) is 0 Å². The molecule has 46 heavy (non-hydrogen) atoms. The van der Waals surface area contributed by atoms with Crippen LogP contribution in [0.2, 0.25) is 31.3 Å². The predicted molar refractivity (Wildman–Crippen MR) is 220 cm³/mol. The monoisotopic (exact) mass is 826 g/mol. The molecular formula is C42H66As3P. The van der Waals surface area contributed by atoms with Crippen LogP contribution in [0.4, 0.5) is 0 Å². The predicted octanol–water partition coefficient (Wildman–Crippen LogP) is 10.4. The van der Waals surface area contributed by atoms with Crippen molar-refractivity contribution < 1.29 is 0 Å². The van der Waals surface area contributed by atoms with Gasteiger partial charge >= 0.3 is 303 Å². The van der Waals surface area contributed by atoms with Crippen LogP contribution >= 0.6 is 7.92 Å². The minimum atomic E-state index is -1.05. The number of unbranched alkanes of at least 4 members (excludes halogenated alkanes) is 6. The summed E-state index contributed by atoms with van der Waals surface area (Å²) in [6.45, 7) is 14.2. The van der Waals surface area contributed by atoms with Gasteiger partial charge < -0.3 is 0 Å². The van der Waals surface area contributed by atoms with Crippen LogP contribution in [0.1, 0.15) is 119 Å². The first-order chi connectivity index (χ1) is 22.6. The Hall–Kier alpha value is -0.235. The standard InChI is InChI=1S/C42H66As3P/c1-7-13-28-43(29-14-8-2)37-22-19-25-40(34-37)46(41-26-20-23-38(35-41)44(30-15-9-3)31-16-10-4)42-27-21-24-39(36-42)45(32-17-11-5)33-18-12-6/h19-27,34-36H,7-18,28-33H2,1-6H3. The van der Waals surface area contributed by atoms with Gasteiger partial charge in [0.25, 0.3) is 0 Å². The fourth-order valence-corrected chi connectivity index (χ4v) is 26.5. The van der Waals surface area contributed by atoms with Crippen LogP contribution in [-0.2, 0) is 0 Å². The Morgan fingerprint density at radius 2 is 0.609 bits per heavy atom. The van der Waals surface area contributed by atoms with Crippen molar-refractivity contribution in [1.82, 2.24) is 0 Å². The van der Waals surface area contributed by atoms with Crippen LogP contribution in [0.3, 0.4) is 0 Å². The van der Waals surface area contributed by atoms with Crippen LogP contribution in [0.5, 0.6) is 0 Å². The molecule has 0 aromatic heterocycles. The van der Waals surface area contributed by atoms with Crippen molar-refractivity contribution in [1.29, 1.82) is 0 Å². The third kappa shape index (κ3) is 13.2. The third-order valence-corrected chi connectivity index (χ3v) is 28.6. The maximum absolute atomic E-state index is 2.73. The first kappa shape index (κ1) is 40.2. The van der Waals surface area contributed by atoms with E-state index in [0.717, 1.165) is 0 Å². The van der Waals surface area contributed by atoms with Gasteiger partial charge in [0, 0.05) is 0 Å². The maximum atomic E-state index is 2.73. The summed E-state index contributed by atoms with van der Waals surface area (Å²) in [5.41, 5.74) is 0. The van der Waals surface area contributed by atoms with Crippen LogP contribution in [0.15, 0.2) is 72.8 Å². The Bertz CT molecular complexity index is 1050. The van der Waals surface area contributed by atoms with Gasteiger partial charge in [0.2, 0.25) is 0 Å². The molecule has 0 saturated heterocycles. The Balaban J connectivity index is 2.14. The van der Waals surface area contributed by atoms with Gasteiger partial charge in [-0.3, -0.25) is 0 Å². The summed E-state index contributed by atoms with van der Waals surface area (Å²) in [6.07, 6.45) is 16.3. The molecule has 0 amide bonds. The van der Waals surface area contributed by atoms with Crippen molar-refractivity contribution in [3.05, 3.63) is 72.8 Å². The molecule has 0 atom stereocenters. The average Bonchev–Trinajstić information content (AvgIpc) is 3.09. The van der Waals surface area contributed by atoms with Gasteiger partial charge in [-0.1, -0.05) is 0 Å². The second-order valence-corrected chi connectivity index (χ2v) is 30.9. The van der Waals surface area contributed by atoms with E-state index in [1.165, 1.54) is 108 Å².